The molecule has 0 saturated carbocycles. The van der Waals surface area contributed by atoms with Gasteiger partial charge in [-0.1, -0.05) is 30.3 Å². The number of ether oxygens (including phenoxy) is 2. The number of hydrogen-bond donors (Lipinski definition) is 2. The second kappa shape index (κ2) is 7.11. The first-order valence-electron chi connectivity index (χ1n) is 6.89. The van der Waals surface area contributed by atoms with E-state index in [9.17, 15) is 0 Å². The molecule has 0 spiro atoms. The highest BCUT2D eigenvalue weighted by Crippen LogP contribution is 2.30. The maximum absolute atomic E-state index is 9.02. The van der Waals surface area contributed by atoms with E-state index in [1.54, 1.807) is 7.11 Å². The molecule has 0 amide bonds. The molecule has 0 aromatic heterocycles. The van der Waals surface area contributed by atoms with Crippen molar-refractivity contribution in [3.8, 4) is 11.5 Å². The van der Waals surface area contributed by atoms with E-state index in [1.165, 1.54) is 0 Å². The van der Waals surface area contributed by atoms with Gasteiger partial charge in [0.15, 0.2) is 11.5 Å². The number of aliphatic hydroxyl groups excluding tert-OH is 1. The van der Waals surface area contributed by atoms with E-state index in [-0.39, 0.29) is 12.6 Å². The van der Waals surface area contributed by atoms with Crippen LogP contribution in [0.25, 0.3) is 0 Å². The summed E-state index contributed by atoms with van der Waals surface area (Å²) in [6, 6.07) is 13.3. The Morgan fingerprint density at radius 2 is 1.71 bits per heavy atom. The van der Waals surface area contributed by atoms with Crippen LogP contribution in [0.3, 0.4) is 0 Å². The van der Waals surface area contributed by atoms with E-state index in [0.717, 1.165) is 16.7 Å². The lowest BCUT2D eigenvalue weighted by Crippen LogP contribution is -2.05. The molecule has 0 bridgehead atoms. The number of rotatable bonds is 6. The number of benzene rings is 2. The molecule has 4 nitrogen and oxygen atoms in total. The summed E-state index contributed by atoms with van der Waals surface area (Å²) in [6.07, 6.45) is 0. The maximum Gasteiger partial charge on any atom is 0.161 e. The first-order chi connectivity index (χ1) is 10.1. The van der Waals surface area contributed by atoms with Crippen molar-refractivity contribution in [3.05, 3.63) is 59.2 Å². The second-order valence-electron chi connectivity index (χ2n) is 4.96. The molecule has 4 heteroatoms. The Balaban J connectivity index is 2.08. The predicted molar refractivity (Wildman–Crippen MR) is 82.3 cm³/mol. The van der Waals surface area contributed by atoms with E-state index in [2.05, 4.69) is 0 Å². The number of aliphatic hydroxyl groups is 1. The van der Waals surface area contributed by atoms with Crippen molar-refractivity contribution in [3.63, 3.8) is 0 Å². The van der Waals surface area contributed by atoms with Gasteiger partial charge in [-0.2, -0.15) is 0 Å². The molecule has 0 aliphatic rings. The fourth-order valence-electron chi connectivity index (χ4n) is 1.99. The van der Waals surface area contributed by atoms with Crippen molar-refractivity contribution in [1.29, 1.82) is 0 Å². The minimum absolute atomic E-state index is 0.0426. The Morgan fingerprint density at radius 1 is 1.05 bits per heavy atom. The van der Waals surface area contributed by atoms with Crippen LogP contribution in [0.2, 0.25) is 0 Å². The van der Waals surface area contributed by atoms with Crippen LogP contribution in [-0.2, 0) is 13.2 Å². The Morgan fingerprint density at radius 3 is 2.29 bits per heavy atom. The van der Waals surface area contributed by atoms with Gasteiger partial charge in [-0.25, -0.2) is 0 Å². The van der Waals surface area contributed by atoms with Gasteiger partial charge in [0.1, 0.15) is 6.61 Å². The quantitative estimate of drug-likeness (QED) is 0.857. The van der Waals surface area contributed by atoms with Gasteiger partial charge < -0.3 is 20.3 Å². The minimum atomic E-state index is -0.0426. The summed E-state index contributed by atoms with van der Waals surface area (Å²) in [6.45, 7) is 2.42. The van der Waals surface area contributed by atoms with Crippen LogP contribution < -0.4 is 15.2 Å². The van der Waals surface area contributed by atoms with Gasteiger partial charge in [0.05, 0.1) is 13.7 Å². The van der Waals surface area contributed by atoms with Crippen molar-refractivity contribution < 1.29 is 14.6 Å². The first-order valence-corrected chi connectivity index (χ1v) is 6.89. The lowest BCUT2D eigenvalue weighted by Gasteiger charge is -2.13. The molecule has 0 heterocycles. The SMILES string of the molecule is COc1cc(C(C)N)ccc1OCc1ccc(CO)cc1. The highest BCUT2D eigenvalue weighted by atomic mass is 16.5. The Hall–Kier alpha value is -2.04. The smallest absolute Gasteiger partial charge is 0.161 e. The molecule has 0 radical (unpaired) electrons. The summed E-state index contributed by atoms with van der Waals surface area (Å²) in [5, 5.41) is 9.02. The van der Waals surface area contributed by atoms with Crippen LogP contribution in [0.1, 0.15) is 29.7 Å². The molecule has 2 aromatic carbocycles. The van der Waals surface area contributed by atoms with Gasteiger partial charge in [0.25, 0.3) is 0 Å². The van der Waals surface area contributed by atoms with Gasteiger partial charge >= 0.3 is 0 Å². The zero-order chi connectivity index (χ0) is 15.2. The molecule has 21 heavy (non-hydrogen) atoms. The second-order valence-corrected chi connectivity index (χ2v) is 4.96. The number of methoxy groups -OCH3 is 1. The molecule has 2 rings (SSSR count). The van der Waals surface area contributed by atoms with Crippen molar-refractivity contribution in [2.24, 2.45) is 5.73 Å². The summed E-state index contributed by atoms with van der Waals surface area (Å²) >= 11 is 0. The zero-order valence-corrected chi connectivity index (χ0v) is 12.4. The lowest BCUT2D eigenvalue weighted by molar-refractivity contribution is 0.279. The van der Waals surface area contributed by atoms with Crippen molar-refractivity contribution in [2.75, 3.05) is 7.11 Å². The molecular weight excluding hydrogens is 266 g/mol. The summed E-state index contributed by atoms with van der Waals surface area (Å²) in [4.78, 5) is 0. The molecule has 1 atom stereocenters. The van der Waals surface area contributed by atoms with Gasteiger partial charge in [-0.3, -0.25) is 0 Å². The van der Waals surface area contributed by atoms with Crippen molar-refractivity contribution in [1.82, 2.24) is 0 Å². The van der Waals surface area contributed by atoms with Gasteiger partial charge in [-0.15, -0.1) is 0 Å². The maximum atomic E-state index is 9.02. The van der Waals surface area contributed by atoms with E-state index < -0.39 is 0 Å². The normalized spacial score (nSPS) is 12.0. The average Bonchev–Trinajstić information content (AvgIpc) is 2.53. The summed E-state index contributed by atoms with van der Waals surface area (Å²) in [7, 11) is 1.61. The summed E-state index contributed by atoms with van der Waals surface area (Å²) in [5.74, 6) is 1.37. The number of hydrogen-bond acceptors (Lipinski definition) is 4. The third-order valence-electron chi connectivity index (χ3n) is 3.31. The largest absolute Gasteiger partial charge is 0.493 e. The van der Waals surface area contributed by atoms with Crippen LogP contribution in [-0.4, -0.2) is 12.2 Å². The van der Waals surface area contributed by atoms with Gasteiger partial charge in [0, 0.05) is 6.04 Å². The highest BCUT2D eigenvalue weighted by Gasteiger charge is 2.08. The standard InChI is InChI=1S/C17H21NO3/c1-12(18)15-7-8-16(17(9-15)20-2)21-11-14-5-3-13(10-19)4-6-14/h3-9,12,19H,10-11,18H2,1-2H3. The van der Waals surface area contributed by atoms with Crippen LogP contribution >= 0.6 is 0 Å². The van der Waals surface area contributed by atoms with E-state index in [0.29, 0.717) is 18.1 Å². The van der Waals surface area contributed by atoms with E-state index >= 15 is 0 Å². The zero-order valence-electron chi connectivity index (χ0n) is 12.4. The van der Waals surface area contributed by atoms with Crippen LogP contribution in [0, 0.1) is 0 Å². The minimum Gasteiger partial charge on any atom is -0.493 e. The fraction of sp³-hybridized carbons (Fsp3) is 0.294. The Labute approximate surface area is 125 Å². The summed E-state index contributed by atoms with van der Waals surface area (Å²) in [5.41, 5.74) is 8.79. The van der Waals surface area contributed by atoms with Crippen LogP contribution in [0.5, 0.6) is 11.5 Å². The molecule has 2 aromatic rings. The molecule has 0 aliphatic heterocycles. The van der Waals surface area contributed by atoms with Gasteiger partial charge in [0.2, 0.25) is 0 Å². The Bertz CT molecular complexity index is 579. The molecule has 3 N–H and O–H groups in total. The molecule has 0 saturated heterocycles. The van der Waals surface area contributed by atoms with Crippen LogP contribution in [0.15, 0.2) is 42.5 Å². The lowest BCUT2D eigenvalue weighted by atomic mass is 10.1. The summed E-state index contributed by atoms with van der Waals surface area (Å²) < 4.78 is 11.1. The first kappa shape index (κ1) is 15.4. The highest BCUT2D eigenvalue weighted by molar-refractivity contribution is 5.43. The third kappa shape index (κ3) is 3.97. The molecule has 112 valence electrons. The molecule has 1 unspecified atom stereocenters. The molecule has 0 fully saturated rings. The number of nitrogens with two attached hydrogens (primary N) is 1. The predicted octanol–water partition coefficient (Wildman–Crippen LogP) is 2.79. The van der Waals surface area contributed by atoms with E-state index in [4.69, 9.17) is 20.3 Å². The average molecular weight is 287 g/mol. The fourth-order valence-corrected chi connectivity index (χ4v) is 1.99. The monoisotopic (exact) mass is 287 g/mol. The third-order valence-corrected chi connectivity index (χ3v) is 3.31. The molecule has 0 aliphatic carbocycles. The Kier molecular flexibility index (Phi) is 5.20. The van der Waals surface area contributed by atoms with Crippen LogP contribution in [0.4, 0.5) is 0 Å². The van der Waals surface area contributed by atoms with Gasteiger partial charge in [-0.05, 0) is 35.7 Å². The van der Waals surface area contributed by atoms with Crippen molar-refractivity contribution >= 4 is 0 Å². The topological polar surface area (TPSA) is 64.7 Å². The molecular formula is C17H21NO3. The van der Waals surface area contributed by atoms with Crippen molar-refractivity contribution in [2.45, 2.75) is 26.2 Å². The van der Waals surface area contributed by atoms with E-state index in [1.807, 2.05) is 49.4 Å².